The standard InChI is InChI=1S/C60H113NO5/c1-3-5-7-9-11-13-15-17-18-19-20-23-26-30-34-38-42-46-50-54-60(65)66-55-51-47-43-39-35-31-27-24-21-22-25-29-33-37-41-45-49-53-59(64)61-57(56-62)58(63)52-48-44-40-36-32-28-16-14-12-10-8-6-4-2/h17-18,21,24,48,52,57-58,62-63H,3-16,19-20,22-23,25-47,49-51,53-56H2,1-2H3,(H,61,64)/b18-17-,24-21-,52-48+. The van der Waals surface area contributed by atoms with Gasteiger partial charge in [0.25, 0.3) is 0 Å². The van der Waals surface area contributed by atoms with E-state index in [-0.39, 0.29) is 18.5 Å². The number of esters is 1. The zero-order valence-electron chi connectivity index (χ0n) is 44.2. The highest BCUT2D eigenvalue weighted by Crippen LogP contribution is 2.16. The molecule has 0 spiro atoms. The highest BCUT2D eigenvalue weighted by atomic mass is 16.5. The quantitative estimate of drug-likeness (QED) is 0.0321. The summed E-state index contributed by atoms with van der Waals surface area (Å²) in [5.74, 6) is -0.0837. The van der Waals surface area contributed by atoms with Gasteiger partial charge < -0.3 is 20.3 Å². The van der Waals surface area contributed by atoms with Crippen molar-refractivity contribution in [3.05, 3.63) is 36.5 Å². The van der Waals surface area contributed by atoms with Gasteiger partial charge in [0, 0.05) is 12.8 Å². The van der Waals surface area contributed by atoms with E-state index in [0.29, 0.717) is 19.4 Å². The number of allylic oxidation sites excluding steroid dienone is 5. The Morgan fingerprint density at radius 2 is 0.712 bits per heavy atom. The maximum Gasteiger partial charge on any atom is 0.305 e. The first-order valence-corrected chi connectivity index (χ1v) is 29.3. The first-order chi connectivity index (χ1) is 32.5. The summed E-state index contributed by atoms with van der Waals surface area (Å²) in [5.41, 5.74) is 0. The number of aliphatic hydroxyl groups excluding tert-OH is 2. The van der Waals surface area contributed by atoms with Crippen molar-refractivity contribution in [3.63, 3.8) is 0 Å². The minimum atomic E-state index is -0.852. The lowest BCUT2D eigenvalue weighted by molar-refractivity contribution is -0.143. The lowest BCUT2D eigenvalue weighted by atomic mass is 10.0. The molecule has 6 heteroatoms. The van der Waals surface area contributed by atoms with Crippen molar-refractivity contribution in [2.24, 2.45) is 0 Å². The Balaban J connectivity index is 3.45. The molecule has 388 valence electrons. The first-order valence-electron chi connectivity index (χ1n) is 29.3. The Morgan fingerprint density at radius 1 is 0.409 bits per heavy atom. The zero-order valence-corrected chi connectivity index (χ0v) is 44.2. The van der Waals surface area contributed by atoms with Crippen LogP contribution < -0.4 is 5.32 Å². The molecule has 2 atom stereocenters. The zero-order chi connectivity index (χ0) is 47.9. The number of nitrogens with one attached hydrogen (secondary N) is 1. The maximum atomic E-state index is 12.4. The predicted octanol–water partition coefficient (Wildman–Crippen LogP) is 18.0. The van der Waals surface area contributed by atoms with Gasteiger partial charge in [0.1, 0.15) is 0 Å². The largest absolute Gasteiger partial charge is 0.466 e. The molecule has 0 radical (unpaired) electrons. The summed E-state index contributed by atoms with van der Waals surface area (Å²) in [7, 11) is 0. The van der Waals surface area contributed by atoms with Gasteiger partial charge in [-0.15, -0.1) is 0 Å². The molecular formula is C60H113NO5. The molecule has 3 N–H and O–H groups in total. The van der Waals surface area contributed by atoms with Crippen molar-refractivity contribution in [2.45, 2.75) is 321 Å². The SMILES string of the molecule is CCCCCCCC/C=C\CCCCCCCCCCCC(=O)OCCCCCCCC/C=C\CCCCCCCCCC(=O)NC(CO)C(O)/C=C/CCCCCCCCCCCCC. The molecule has 1 amide bonds. The highest BCUT2D eigenvalue weighted by Gasteiger charge is 2.18. The molecule has 0 aromatic heterocycles. The molecule has 0 aromatic carbocycles. The van der Waals surface area contributed by atoms with Gasteiger partial charge >= 0.3 is 5.97 Å². The van der Waals surface area contributed by atoms with Gasteiger partial charge in [0.15, 0.2) is 0 Å². The average molecular weight is 929 g/mol. The lowest BCUT2D eigenvalue weighted by Crippen LogP contribution is -2.45. The molecule has 0 bridgehead atoms. The summed E-state index contributed by atoms with van der Waals surface area (Å²) in [5, 5.41) is 23.0. The molecule has 0 aromatic rings. The van der Waals surface area contributed by atoms with E-state index in [2.05, 4.69) is 43.5 Å². The molecule has 0 rings (SSSR count). The van der Waals surface area contributed by atoms with Crippen LogP contribution in [0.1, 0.15) is 309 Å². The number of ether oxygens (including phenoxy) is 1. The fraction of sp³-hybridized carbons (Fsp3) is 0.867. The summed E-state index contributed by atoms with van der Waals surface area (Å²) in [6.45, 7) is 4.88. The van der Waals surface area contributed by atoms with Crippen LogP contribution in [0.3, 0.4) is 0 Å². The normalized spacial score (nSPS) is 12.8. The molecule has 66 heavy (non-hydrogen) atoms. The van der Waals surface area contributed by atoms with Crippen molar-refractivity contribution >= 4 is 11.9 Å². The van der Waals surface area contributed by atoms with Crippen LogP contribution in [-0.2, 0) is 14.3 Å². The molecule has 0 aliphatic carbocycles. The van der Waals surface area contributed by atoms with Gasteiger partial charge in [-0.2, -0.15) is 0 Å². The van der Waals surface area contributed by atoms with Crippen molar-refractivity contribution in [2.75, 3.05) is 13.2 Å². The maximum absolute atomic E-state index is 12.4. The summed E-state index contributed by atoms with van der Waals surface area (Å²) < 4.78 is 5.48. The number of unbranched alkanes of at least 4 members (excludes halogenated alkanes) is 39. The van der Waals surface area contributed by atoms with Crippen LogP contribution in [0.5, 0.6) is 0 Å². The Kier molecular flexibility index (Phi) is 54.1. The van der Waals surface area contributed by atoms with Gasteiger partial charge in [0.05, 0.1) is 25.4 Å². The van der Waals surface area contributed by atoms with Crippen LogP contribution in [0.15, 0.2) is 36.5 Å². The number of carbonyl (C=O) groups excluding carboxylic acids is 2. The van der Waals surface area contributed by atoms with Gasteiger partial charge in [0.2, 0.25) is 5.91 Å². The monoisotopic (exact) mass is 928 g/mol. The summed E-state index contributed by atoms with van der Waals surface area (Å²) in [6.07, 6.45) is 68.8. The third-order valence-corrected chi connectivity index (χ3v) is 13.4. The van der Waals surface area contributed by atoms with Gasteiger partial charge in [-0.25, -0.2) is 0 Å². The van der Waals surface area contributed by atoms with Crippen molar-refractivity contribution in [1.82, 2.24) is 5.32 Å². The second kappa shape index (κ2) is 55.7. The minimum Gasteiger partial charge on any atom is -0.466 e. The Hall–Kier alpha value is -1.92. The van der Waals surface area contributed by atoms with Crippen molar-refractivity contribution in [3.8, 4) is 0 Å². The number of amides is 1. The molecule has 0 heterocycles. The van der Waals surface area contributed by atoms with Gasteiger partial charge in [-0.3, -0.25) is 9.59 Å². The number of hydrogen-bond acceptors (Lipinski definition) is 5. The fourth-order valence-electron chi connectivity index (χ4n) is 8.86. The molecule has 0 saturated heterocycles. The molecule has 6 nitrogen and oxygen atoms in total. The molecule has 0 aliphatic rings. The molecular weight excluding hydrogens is 815 g/mol. The van der Waals surface area contributed by atoms with E-state index in [0.717, 1.165) is 57.8 Å². The summed E-state index contributed by atoms with van der Waals surface area (Å²) >= 11 is 0. The van der Waals surface area contributed by atoms with Gasteiger partial charge in [-0.1, -0.05) is 249 Å². The number of rotatable bonds is 54. The van der Waals surface area contributed by atoms with Crippen LogP contribution in [0.25, 0.3) is 0 Å². The van der Waals surface area contributed by atoms with E-state index in [4.69, 9.17) is 4.74 Å². The molecule has 2 unspecified atom stereocenters. The van der Waals surface area contributed by atoms with Crippen LogP contribution in [0.2, 0.25) is 0 Å². The van der Waals surface area contributed by atoms with E-state index in [9.17, 15) is 19.8 Å². The van der Waals surface area contributed by atoms with Crippen LogP contribution in [0.4, 0.5) is 0 Å². The Labute approximate surface area is 411 Å². The van der Waals surface area contributed by atoms with E-state index < -0.39 is 12.1 Å². The Bertz CT molecular complexity index is 1070. The van der Waals surface area contributed by atoms with Crippen LogP contribution >= 0.6 is 0 Å². The second-order valence-corrected chi connectivity index (χ2v) is 20.0. The van der Waals surface area contributed by atoms with Crippen LogP contribution in [-0.4, -0.2) is 47.4 Å². The number of carbonyl (C=O) groups is 2. The highest BCUT2D eigenvalue weighted by molar-refractivity contribution is 5.76. The second-order valence-electron chi connectivity index (χ2n) is 20.0. The molecule has 0 saturated carbocycles. The van der Waals surface area contributed by atoms with Crippen LogP contribution in [0, 0.1) is 0 Å². The van der Waals surface area contributed by atoms with E-state index >= 15 is 0 Å². The minimum absolute atomic E-state index is 0.00341. The molecule has 0 aliphatic heterocycles. The van der Waals surface area contributed by atoms with Gasteiger partial charge in [-0.05, 0) is 83.5 Å². The topological polar surface area (TPSA) is 95.9 Å². The fourth-order valence-corrected chi connectivity index (χ4v) is 8.86. The van der Waals surface area contributed by atoms with E-state index in [1.807, 2.05) is 6.08 Å². The van der Waals surface area contributed by atoms with Crippen molar-refractivity contribution in [1.29, 1.82) is 0 Å². The summed E-state index contributed by atoms with van der Waals surface area (Å²) in [6, 6.07) is -0.636. The van der Waals surface area contributed by atoms with E-state index in [1.54, 1.807) is 6.08 Å². The smallest absolute Gasteiger partial charge is 0.305 e. The Morgan fingerprint density at radius 3 is 1.08 bits per heavy atom. The van der Waals surface area contributed by atoms with Crippen molar-refractivity contribution < 1.29 is 24.5 Å². The summed E-state index contributed by atoms with van der Waals surface area (Å²) in [4.78, 5) is 24.5. The predicted molar refractivity (Wildman–Crippen MR) is 287 cm³/mol. The number of aliphatic hydroxyl groups is 2. The average Bonchev–Trinajstić information content (AvgIpc) is 3.32. The lowest BCUT2D eigenvalue weighted by Gasteiger charge is -2.20. The first kappa shape index (κ1) is 64.1. The molecule has 0 fully saturated rings. The van der Waals surface area contributed by atoms with E-state index in [1.165, 1.54) is 225 Å². The third-order valence-electron chi connectivity index (χ3n) is 13.4. The number of hydrogen-bond donors (Lipinski definition) is 3. The third kappa shape index (κ3) is 51.5.